The monoisotopic (exact) mass is 374 g/mol. The second-order valence-corrected chi connectivity index (χ2v) is 8.80. The third-order valence-corrected chi connectivity index (χ3v) is 6.61. The first-order chi connectivity index (χ1) is 12.0. The van der Waals surface area contributed by atoms with Gasteiger partial charge in [-0.25, -0.2) is 8.42 Å². The van der Waals surface area contributed by atoms with Crippen molar-refractivity contribution < 1.29 is 12.8 Å². The maximum Gasteiger partial charge on any atom is 0.276 e. The number of aryl methyl sites for hydroxylation is 2. The highest BCUT2D eigenvalue weighted by Gasteiger charge is 2.18. The van der Waals surface area contributed by atoms with Crippen molar-refractivity contribution in [2.75, 3.05) is 11.5 Å². The molecular weight excluding hydrogens is 356 g/mol. The zero-order valence-electron chi connectivity index (χ0n) is 14.0. The lowest BCUT2D eigenvalue weighted by Gasteiger charge is -2.08. The van der Waals surface area contributed by atoms with Crippen LogP contribution in [0.5, 0.6) is 0 Å². The van der Waals surface area contributed by atoms with Crippen LogP contribution in [0.1, 0.15) is 11.1 Å². The summed E-state index contributed by atoms with van der Waals surface area (Å²) in [6, 6.07) is 14.9. The molecular formula is C18H18N2O3S2. The van der Waals surface area contributed by atoms with Gasteiger partial charge in [-0.15, -0.1) is 10.2 Å². The molecule has 0 radical (unpaired) electrons. The van der Waals surface area contributed by atoms with Crippen LogP contribution < -0.4 is 0 Å². The van der Waals surface area contributed by atoms with Gasteiger partial charge in [0.25, 0.3) is 5.22 Å². The van der Waals surface area contributed by atoms with E-state index in [0.29, 0.717) is 21.8 Å². The van der Waals surface area contributed by atoms with Gasteiger partial charge in [-0.1, -0.05) is 42.1 Å². The van der Waals surface area contributed by atoms with E-state index in [4.69, 9.17) is 4.42 Å². The van der Waals surface area contributed by atoms with Crippen molar-refractivity contribution in [2.24, 2.45) is 0 Å². The Labute approximate surface area is 151 Å². The molecule has 1 heterocycles. The Bertz CT molecular complexity index is 967. The van der Waals surface area contributed by atoms with Crippen LogP contribution in [0.3, 0.4) is 0 Å². The van der Waals surface area contributed by atoms with Gasteiger partial charge in [-0.3, -0.25) is 0 Å². The molecule has 0 N–H and O–H groups in total. The maximum absolute atomic E-state index is 12.5. The lowest BCUT2D eigenvalue weighted by Crippen LogP contribution is -2.10. The normalized spacial score (nSPS) is 11.6. The average Bonchev–Trinajstić information content (AvgIpc) is 3.06. The van der Waals surface area contributed by atoms with Crippen molar-refractivity contribution in [3.8, 4) is 11.5 Å². The molecule has 0 amide bonds. The number of sulfone groups is 1. The molecule has 3 rings (SSSR count). The Kier molecular flexibility index (Phi) is 5.24. The molecule has 5 nitrogen and oxygen atoms in total. The summed E-state index contributed by atoms with van der Waals surface area (Å²) in [5, 5.41) is 8.34. The van der Waals surface area contributed by atoms with Crippen LogP contribution in [0.25, 0.3) is 11.5 Å². The predicted molar refractivity (Wildman–Crippen MR) is 98.4 cm³/mol. The number of nitrogens with zero attached hydrogens (tertiary/aromatic N) is 2. The highest BCUT2D eigenvalue weighted by molar-refractivity contribution is 8.00. The van der Waals surface area contributed by atoms with Crippen LogP contribution in [0.4, 0.5) is 0 Å². The van der Waals surface area contributed by atoms with Gasteiger partial charge in [0.15, 0.2) is 9.84 Å². The average molecular weight is 374 g/mol. The van der Waals surface area contributed by atoms with E-state index in [-0.39, 0.29) is 5.75 Å². The lowest BCUT2D eigenvalue weighted by molar-refractivity contribution is 0.466. The van der Waals surface area contributed by atoms with E-state index in [9.17, 15) is 8.42 Å². The van der Waals surface area contributed by atoms with Crippen LogP contribution in [-0.2, 0) is 9.84 Å². The summed E-state index contributed by atoms with van der Waals surface area (Å²) in [6.45, 7) is 3.69. The van der Waals surface area contributed by atoms with E-state index >= 15 is 0 Å². The first kappa shape index (κ1) is 17.7. The molecule has 1 aromatic heterocycles. The largest absolute Gasteiger partial charge is 0.411 e. The topological polar surface area (TPSA) is 73.1 Å². The second kappa shape index (κ2) is 7.41. The van der Waals surface area contributed by atoms with E-state index < -0.39 is 9.84 Å². The van der Waals surface area contributed by atoms with Crippen LogP contribution in [0, 0.1) is 13.8 Å². The van der Waals surface area contributed by atoms with Crippen molar-refractivity contribution in [3.63, 3.8) is 0 Å². The van der Waals surface area contributed by atoms with Crippen molar-refractivity contribution in [3.05, 3.63) is 59.7 Å². The number of benzene rings is 2. The minimum Gasteiger partial charge on any atom is -0.411 e. The van der Waals surface area contributed by atoms with E-state index in [2.05, 4.69) is 10.2 Å². The van der Waals surface area contributed by atoms with Gasteiger partial charge in [0, 0.05) is 11.3 Å². The zero-order chi connectivity index (χ0) is 17.9. The van der Waals surface area contributed by atoms with Gasteiger partial charge in [-0.05, 0) is 43.2 Å². The standard InChI is InChI=1S/C18H18N2O3S2/c1-13-8-9-14(2)16(12-13)25(21,22)11-10-24-18-20-19-17(23-18)15-6-4-3-5-7-15/h3-9,12H,10-11H2,1-2H3. The molecule has 7 heteroatoms. The van der Waals surface area contributed by atoms with Gasteiger partial charge >= 0.3 is 0 Å². The molecule has 0 fully saturated rings. The van der Waals surface area contributed by atoms with Gasteiger partial charge in [-0.2, -0.15) is 0 Å². The summed E-state index contributed by atoms with van der Waals surface area (Å²) in [4.78, 5) is 0.392. The Balaban J connectivity index is 1.65. The number of rotatable bonds is 6. The molecule has 0 aliphatic carbocycles. The number of aromatic nitrogens is 2. The Hall–Kier alpha value is -2.12. The molecule has 0 atom stereocenters. The number of hydrogen-bond donors (Lipinski definition) is 0. The molecule has 0 aliphatic rings. The Morgan fingerprint density at radius 3 is 2.56 bits per heavy atom. The van der Waals surface area contributed by atoms with E-state index in [1.807, 2.05) is 56.3 Å². The third kappa shape index (κ3) is 4.29. The minimum atomic E-state index is -3.34. The molecule has 0 saturated carbocycles. The van der Waals surface area contributed by atoms with Gasteiger partial charge in [0.2, 0.25) is 5.89 Å². The predicted octanol–water partition coefficient (Wildman–Crippen LogP) is 3.92. The van der Waals surface area contributed by atoms with Gasteiger partial charge < -0.3 is 4.42 Å². The summed E-state index contributed by atoms with van der Waals surface area (Å²) in [5.41, 5.74) is 2.53. The summed E-state index contributed by atoms with van der Waals surface area (Å²) >= 11 is 1.25. The lowest BCUT2D eigenvalue weighted by atomic mass is 10.2. The third-order valence-electron chi connectivity index (χ3n) is 3.68. The highest BCUT2D eigenvalue weighted by Crippen LogP contribution is 2.24. The number of thioether (sulfide) groups is 1. The van der Waals surface area contributed by atoms with Crippen molar-refractivity contribution in [1.29, 1.82) is 0 Å². The molecule has 3 aromatic rings. The summed E-state index contributed by atoms with van der Waals surface area (Å²) in [7, 11) is -3.34. The fourth-order valence-electron chi connectivity index (χ4n) is 2.36. The second-order valence-electron chi connectivity index (χ2n) is 5.68. The molecule has 2 aromatic carbocycles. The molecule has 0 spiro atoms. The molecule has 25 heavy (non-hydrogen) atoms. The fraction of sp³-hybridized carbons (Fsp3) is 0.222. The van der Waals surface area contributed by atoms with Crippen LogP contribution >= 0.6 is 11.8 Å². The maximum atomic E-state index is 12.5. The fourth-order valence-corrected chi connectivity index (χ4v) is 5.12. The molecule has 0 bridgehead atoms. The summed E-state index contributed by atoms with van der Waals surface area (Å²) < 4.78 is 30.7. The van der Waals surface area contributed by atoms with Crippen molar-refractivity contribution >= 4 is 21.6 Å². The Morgan fingerprint density at radius 2 is 1.80 bits per heavy atom. The van der Waals surface area contributed by atoms with Crippen LogP contribution in [0.15, 0.2) is 63.1 Å². The highest BCUT2D eigenvalue weighted by atomic mass is 32.2. The van der Waals surface area contributed by atoms with E-state index in [1.54, 1.807) is 6.07 Å². The van der Waals surface area contributed by atoms with Crippen molar-refractivity contribution in [1.82, 2.24) is 10.2 Å². The first-order valence-electron chi connectivity index (χ1n) is 7.77. The molecule has 0 unspecified atom stereocenters. The molecule has 130 valence electrons. The summed E-state index contributed by atoms with van der Waals surface area (Å²) in [6.07, 6.45) is 0. The van der Waals surface area contributed by atoms with Crippen LogP contribution in [-0.4, -0.2) is 30.1 Å². The van der Waals surface area contributed by atoms with Crippen molar-refractivity contribution in [2.45, 2.75) is 24.0 Å². The SMILES string of the molecule is Cc1ccc(C)c(S(=O)(=O)CCSc2nnc(-c3ccccc3)o2)c1. The van der Waals surface area contributed by atoms with E-state index in [0.717, 1.165) is 16.7 Å². The first-order valence-corrected chi connectivity index (χ1v) is 10.4. The van der Waals surface area contributed by atoms with Gasteiger partial charge in [0.1, 0.15) is 0 Å². The van der Waals surface area contributed by atoms with E-state index in [1.165, 1.54) is 11.8 Å². The Morgan fingerprint density at radius 1 is 1.04 bits per heavy atom. The summed E-state index contributed by atoms with van der Waals surface area (Å²) in [5.74, 6) is 0.803. The quantitative estimate of drug-likeness (QED) is 0.609. The molecule has 0 saturated heterocycles. The van der Waals surface area contributed by atoms with Gasteiger partial charge in [0.05, 0.1) is 10.6 Å². The van der Waals surface area contributed by atoms with Crippen LogP contribution in [0.2, 0.25) is 0 Å². The number of hydrogen-bond acceptors (Lipinski definition) is 6. The smallest absolute Gasteiger partial charge is 0.276 e. The minimum absolute atomic E-state index is 0.0189. The molecule has 0 aliphatic heterocycles. The zero-order valence-corrected chi connectivity index (χ0v) is 15.6.